The summed E-state index contributed by atoms with van der Waals surface area (Å²) in [4.78, 5) is 16.3. The van der Waals surface area contributed by atoms with Crippen LogP contribution in [-0.2, 0) is 0 Å². The molecule has 0 bridgehead atoms. The largest absolute Gasteiger partial charge is 0.347 e. The van der Waals surface area contributed by atoms with E-state index in [1.807, 2.05) is 18.2 Å². The number of fused-ring (bicyclic) bond motifs is 2. The van der Waals surface area contributed by atoms with Crippen LogP contribution in [0.2, 0.25) is 0 Å². The lowest BCUT2D eigenvalue weighted by Gasteiger charge is -2.25. The Morgan fingerprint density at radius 1 is 1.08 bits per heavy atom. The first-order chi connectivity index (χ1) is 12.3. The highest BCUT2D eigenvalue weighted by Gasteiger charge is 2.30. The van der Waals surface area contributed by atoms with Gasteiger partial charge in [0.25, 0.3) is 0 Å². The highest BCUT2D eigenvalue weighted by Crippen LogP contribution is 2.40. The summed E-state index contributed by atoms with van der Waals surface area (Å²) in [5, 5.41) is 2.27. The van der Waals surface area contributed by atoms with Crippen LogP contribution in [0.25, 0.3) is 21.1 Å². The van der Waals surface area contributed by atoms with Gasteiger partial charge in [-0.3, -0.25) is 0 Å². The number of anilines is 1. The molecule has 1 aliphatic rings. The first-order valence-electron chi connectivity index (χ1n) is 8.32. The topological polar surface area (TPSA) is 41.9 Å². The molecule has 4 aromatic rings. The van der Waals surface area contributed by atoms with Crippen molar-refractivity contribution in [1.29, 1.82) is 0 Å². The van der Waals surface area contributed by atoms with Crippen LogP contribution in [0.1, 0.15) is 23.9 Å². The monoisotopic (exact) mass is 410 g/mol. The number of aromatic nitrogens is 3. The highest BCUT2D eigenvalue weighted by molar-refractivity contribution is 9.10. The average molecular weight is 411 g/mol. The second kappa shape index (κ2) is 6.04. The van der Waals surface area contributed by atoms with E-state index in [9.17, 15) is 0 Å². The second-order valence-corrected chi connectivity index (χ2v) is 8.21. The van der Waals surface area contributed by atoms with Crippen molar-refractivity contribution in [2.45, 2.75) is 18.9 Å². The van der Waals surface area contributed by atoms with E-state index in [-0.39, 0.29) is 6.04 Å². The van der Waals surface area contributed by atoms with E-state index in [2.05, 4.69) is 55.1 Å². The molecule has 6 heteroatoms. The maximum Gasteiger partial charge on any atom is 0.140 e. The van der Waals surface area contributed by atoms with Crippen molar-refractivity contribution >= 4 is 54.2 Å². The van der Waals surface area contributed by atoms with Gasteiger partial charge in [-0.25, -0.2) is 15.0 Å². The minimum atomic E-state index is 0.287. The summed E-state index contributed by atoms with van der Waals surface area (Å²) in [5.41, 5.74) is 2.06. The van der Waals surface area contributed by atoms with Crippen LogP contribution in [0.5, 0.6) is 0 Å². The maximum atomic E-state index is 4.89. The number of para-hydroxylation sites is 1. The zero-order valence-corrected chi connectivity index (χ0v) is 15.8. The third-order valence-electron chi connectivity index (χ3n) is 4.70. The number of hydrogen-bond donors (Lipinski definition) is 0. The van der Waals surface area contributed by atoms with Gasteiger partial charge in [0.1, 0.15) is 17.2 Å². The molecular formula is C19H15BrN4S. The van der Waals surface area contributed by atoms with E-state index < -0.39 is 0 Å². The first-order valence-corrected chi connectivity index (χ1v) is 9.93. The van der Waals surface area contributed by atoms with E-state index in [4.69, 9.17) is 4.98 Å². The van der Waals surface area contributed by atoms with Gasteiger partial charge in [0.2, 0.25) is 0 Å². The van der Waals surface area contributed by atoms with E-state index in [0.29, 0.717) is 0 Å². The van der Waals surface area contributed by atoms with Crippen molar-refractivity contribution < 1.29 is 0 Å². The molecule has 1 fully saturated rings. The Kier molecular flexibility index (Phi) is 3.68. The first kappa shape index (κ1) is 15.2. The van der Waals surface area contributed by atoms with Crippen molar-refractivity contribution in [2.24, 2.45) is 0 Å². The van der Waals surface area contributed by atoms with Gasteiger partial charge in [-0.2, -0.15) is 0 Å². The molecule has 1 saturated heterocycles. The molecule has 0 amide bonds. The van der Waals surface area contributed by atoms with Crippen LogP contribution in [-0.4, -0.2) is 21.5 Å². The second-order valence-electron chi connectivity index (χ2n) is 6.23. The van der Waals surface area contributed by atoms with Crippen LogP contribution in [0, 0.1) is 0 Å². The zero-order chi connectivity index (χ0) is 16.8. The third-order valence-corrected chi connectivity index (χ3v) is 6.33. The van der Waals surface area contributed by atoms with Gasteiger partial charge < -0.3 is 4.90 Å². The van der Waals surface area contributed by atoms with E-state index >= 15 is 0 Å². The van der Waals surface area contributed by atoms with Gasteiger partial charge in [0.05, 0.1) is 21.8 Å². The number of thiazole rings is 1. The molecule has 0 N–H and O–H groups in total. The molecule has 0 aliphatic carbocycles. The summed E-state index contributed by atoms with van der Waals surface area (Å²) in [6.07, 6.45) is 3.93. The molecule has 124 valence electrons. The molecule has 3 heterocycles. The lowest BCUT2D eigenvalue weighted by molar-refractivity contribution is 0.709. The van der Waals surface area contributed by atoms with E-state index in [1.165, 1.54) is 9.71 Å². The minimum absolute atomic E-state index is 0.287. The molecule has 4 nitrogen and oxygen atoms in total. The SMILES string of the molecule is Brc1ccc2ncnc(N3CCCC3c3nc4ccccc4s3)c2c1. The molecule has 2 aromatic heterocycles. The summed E-state index contributed by atoms with van der Waals surface area (Å²) in [6.45, 7) is 0.999. The van der Waals surface area contributed by atoms with E-state index in [0.717, 1.165) is 46.1 Å². The Labute approximate surface area is 157 Å². The lowest BCUT2D eigenvalue weighted by Crippen LogP contribution is -2.23. The lowest BCUT2D eigenvalue weighted by atomic mass is 10.2. The maximum absolute atomic E-state index is 4.89. The van der Waals surface area contributed by atoms with Crippen LogP contribution < -0.4 is 4.90 Å². The van der Waals surface area contributed by atoms with Crippen molar-refractivity contribution in [1.82, 2.24) is 15.0 Å². The van der Waals surface area contributed by atoms with E-state index in [1.54, 1.807) is 17.7 Å². The van der Waals surface area contributed by atoms with Crippen LogP contribution in [0.3, 0.4) is 0 Å². The van der Waals surface area contributed by atoms with Gasteiger partial charge in [0.15, 0.2) is 0 Å². The summed E-state index contributed by atoms with van der Waals surface area (Å²) < 4.78 is 2.30. The fraction of sp³-hybridized carbons (Fsp3) is 0.211. The number of nitrogens with zero attached hydrogens (tertiary/aromatic N) is 4. The average Bonchev–Trinajstić information content (AvgIpc) is 3.27. The molecule has 1 aliphatic heterocycles. The van der Waals surface area contributed by atoms with Crippen molar-refractivity contribution in [3.8, 4) is 0 Å². The van der Waals surface area contributed by atoms with Crippen molar-refractivity contribution in [2.75, 3.05) is 11.4 Å². The molecule has 2 aromatic carbocycles. The number of benzene rings is 2. The van der Waals surface area contributed by atoms with Crippen LogP contribution in [0.15, 0.2) is 53.3 Å². The predicted molar refractivity (Wildman–Crippen MR) is 106 cm³/mol. The van der Waals surface area contributed by atoms with Gasteiger partial charge in [-0.1, -0.05) is 28.1 Å². The van der Waals surface area contributed by atoms with Gasteiger partial charge in [0, 0.05) is 16.4 Å². The molecule has 0 radical (unpaired) electrons. The molecule has 1 unspecified atom stereocenters. The van der Waals surface area contributed by atoms with Crippen LogP contribution in [0.4, 0.5) is 5.82 Å². The summed E-state index contributed by atoms with van der Waals surface area (Å²) in [6, 6.07) is 14.8. The molecule has 0 spiro atoms. The molecule has 0 saturated carbocycles. The summed E-state index contributed by atoms with van der Waals surface area (Å²) >= 11 is 5.37. The Hall–Kier alpha value is -2.05. The Balaban J connectivity index is 1.62. The fourth-order valence-corrected chi connectivity index (χ4v) is 5.03. The normalized spacial score (nSPS) is 17.6. The van der Waals surface area contributed by atoms with Crippen molar-refractivity contribution in [3.05, 3.63) is 58.3 Å². The summed E-state index contributed by atoms with van der Waals surface area (Å²) in [7, 11) is 0. The third kappa shape index (κ3) is 2.60. The zero-order valence-electron chi connectivity index (χ0n) is 13.4. The number of hydrogen-bond acceptors (Lipinski definition) is 5. The fourth-order valence-electron chi connectivity index (χ4n) is 3.55. The predicted octanol–water partition coefficient (Wildman–Crippen LogP) is 5.34. The molecule has 1 atom stereocenters. The smallest absolute Gasteiger partial charge is 0.140 e. The highest BCUT2D eigenvalue weighted by atomic mass is 79.9. The quantitative estimate of drug-likeness (QED) is 0.446. The minimum Gasteiger partial charge on any atom is -0.347 e. The van der Waals surface area contributed by atoms with Gasteiger partial charge in [-0.15, -0.1) is 11.3 Å². The van der Waals surface area contributed by atoms with Gasteiger partial charge >= 0.3 is 0 Å². The van der Waals surface area contributed by atoms with Crippen molar-refractivity contribution in [3.63, 3.8) is 0 Å². The standard InChI is InChI=1S/C19H15BrN4S/c20-12-7-8-14-13(10-12)18(22-11-21-14)24-9-3-5-16(24)19-23-15-4-1-2-6-17(15)25-19/h1-2,4,6-8,10-11,16H,3,5,9H2. The number of rotatable bonds is 2. The Morgan fingerprint density at radius 3 is 2.92 bits per heavy atom. The van der Waals surface area contributed by atoms with Gasteiger partial charge in [-0.05, 0) is 43.2 Å². The summed E-state index contributed by atoms with van der Waals surface area (Å²) in [5.74, 6) is 1.01. The molecule has 5 rings (SSSR count). The molecule has 25 heavy (non-hydrogen) atoms. The molecular weight excluding hydrogens is 396 g/mol. The number of halogens is 1. The van der Waals surface area contributed by atoms with Crippen LogP contribution >= 0.6 is 27.3 Å². The Bertz CT molecular complexity index is 1040. The Morgan fingerprint density at radius 2 is 2.00 bits per heavy atom.